The van der Waals surface area contributed by atoms with Crippen LogP contribution in [0.1, 0.15) is 36.5 Å². The molecule has 1 aromatic heterocycles. The number of nitrogens with zero attached hydrogens (tertiary/aromatic N) is 2. The number of morpholine rings is 1. The quantitative estimate of drug-likeness (QED) is 0.833. The van der Waals surface area contributed by atoms with E-state index in [9.17, 15) is 4.79 Å². The van der Waals surface area contributed by atoms with E-state index in [0.717, 1.165) is 18.5 Å². The van der Waals surface area contributed by atoms with Crippen molar-refractivity contribution in [1.82, 2.24) is 15.1 Å². The summed E-state index contributed by atoms with van der Waals surface area (Å²) in [6, 6.07) is 0. The van der Waals surface area contributed by atoms with E-state index in [1.54, 1.807) is 4.90 Å². The fraction of sp³-hybridized carbons (Fsp3) is 0.667. The first-order chi connectivity index (χ1) is 8.67. The van der Waals surface area contributed by atoms with Gasteiger partial charge >= 0.3 is 0 Å². The van der Waals surface area contributed by atoms with Crippen LogP contribution in [0.4, 0.5) is 5.69 Å². The van der Waals surface area contributed by atoms with Crippen molar-refractivity contribution >= 4 is 11.6 Å². The Kier molecular flexibility index (Phi) is 3.86. The van der Waals surface area contributed by atoms with Gasteiger partial charge in [0.15, 0.2) is 5.69 Å². The number of nitrogens with two attached hydrogens (primary N) is 1. The van der Waals surface area contributed by atoms with Crippen molar-refractivity contribution in [3.8, 4) is 0 Å². The molecule has 1 unspecified atom stereocenters. The molecule has 18 heavy (non-hydrogen) atoms. The van der Waals surface area contributed by atoms with Gasteiger partial charge in [0.05, 0.1) is 24.1 Å². The third-order valence-corrected chi connectivity index (χ3v) is 3.32. The van der Waals surface area contributed by atoms with Crippen molar-refractivity contribution in [2.75, 3.05) is 25.4 Å². The zero-order valence-corrected chi connectivity index (χ0v) is 10.9. The number of hydrogen-bond acceptors (Lipinski definition) is 4. The Balaban J connectivity index is 2.12. The lowest BCUT2D eigenvalue weighted by atomic mass is 10.2. The monoisotopic (exact) mass is 252 g/mol. The second-order valence-electron chi connectivity index (χ2n) is 4.47. The summed E-state index contributed by atoms with van der Waals surface area (Å²) < 4.78 is 5.55. The van der Waals surface area contributed by atoms with Crippen LogP contribution in [0.5, 0.6) is 0 Å². The molecule has 6 nitrogen and oxygen atoms in total. The van der Waals surface area contributed by atoms with E-state index < -0.39 is 0 Å². The normalized spacial score (nSPS) is 20.1. The van der Waals surface area contributed by atoms with Gasteiger partial charge < -0.3 is 15.4 Å². The van der Waals surface area contributed by atoms with Crippen molar-refractivity contribution in [2.45, 2.75) is 32.8 Å². The van der Waals surface area contributed by atoms with Crippen molar-refractivity contribution in [3.05, 3.63) is 11.4 Å². The summed E-state index contributed by atoms with van der Waals surface area (Å²) in [5.41, 5.74) is 7.55. The van der Waals surface area contributed by atoms with Crippen LogP contribution in [0, 0.1) is 0 Å². The molecule has 6 heteroatoms. The van der Waals surface area contributed by atoms with Crippen molar-refractivity contribution < 1.29 is 9.53 Å². The number of aromatic amines is 1. The first kappa shape index (κ1) is 12.9. The standard InChI is InChI=1S/C12H20N4O2/c1-3-8-7-16(5-6-18-8)12(17)11-10(13)9(4-2)14-15-11/h8H,3-7,13H2,1-2H3,(H,14,15). The zero-order chi connectivity index (χ0) is 13.1. The summed E-state index contributed by atoms with van der Waals surface area (Å²) in [5, 5.41) is 6.85. The molecule has 0 bridgehead atoms. The molecule has 1 saturated heterocycles. The third-order valence-electron chi connectivity index (χ3n) is 3.32. The number of H-pyrrole nitrogens is 1. The van der Waals surface area contributed by atoms with Gasteiger partial charge in [-0.15, -0.1) is 0 Å². The molecule has 1 aliphatic heterocycles. The molecular formula is C12H20N4O2. The number of amides is 1. The topological polar surface area (TPSA) is 84.2 Å². The minimum Gasteiger partial charge on any atom is -0.395 e. The van der Waals surface area contributed by atoms with Gasteiger partial charge in [0, 0.05) is 13.1 Å². The van der Waals surface area contributed by atoms with E-state index in [0.29, 0.717) is 31.1 Å². The van der Waals surface area contributed by atoms with Gasteiger partial charge in [-0.3, -0.25) is 9.89 Å². The molecule has 1 fully saturated rings. The average Bonchev–Trinajstić information content (AvgIpc) is 2.79. The summed E-state index contributed by atoms with van der Waals surface area (Å²) in [7, 11) is 0. The van der Waals surface area contributed by atoms with E-state index in [2.05, 4.69) is 17.1 Å². The fourth-order valence-electron chi connectivity index (χ4n) is 2.12. The molecule has 1 amide bonds. The highest BCUT2D eigenvalue weighted by Gasteiger charge is 2.27. The number of ether oxygens (including phenoxy) is 1. The Labute approximate surface area is 106 Å². The van der Waals surface area contributed by atoms with Gasteiger partial charge in [0.25, 0.3) is 5.91 Å². The lowest BCUT2D eigenvalue weighted by Crippen LogP contribution is -2.45. The van der Waals surface area contributed by atoms with Crippen LogP contribution in [-0.4, -0.2) is 46.8 Å². The lowest BCUT2D eigenvalue weighted by molar-refractivity contribution is -0.0227. The predicted octanol–water partition coefficient (Wildman–Crippen LogP) is 0.805. The van der Waals surface area contributed by atoms with Gasteiger partial charge in [-0.1, -0.05) is 13.8 Å². The van der Waals surface area contributed by atoms with Gasteiger partial charge in [0.2, 0.25) is 0 Å². The highest BCUT2D eigenvalue weighted by Crippen LogP contribution is 2.18. The molecule has 0 aromatic carbocycles. The zero-order valence-electron chi connectivity index (χ0n) is 10.9. The first-order valence-electron chi connectivity index (χ1n) is 6.40. The minimum absolute atomic E-state index is 0.106. The Bertz CT molecular complexity index is 430. The van der Waals surface area contributed by atoms with Gasteiger partial charge in [0.1, 0.15) is 0 Å². The van der Waals surface area contributed by atoms with Gasteiger partial charge in [-0.05, 0) is 12.8 Å². The number of carbonyl (C=O) groups is 1. The summed E-state index contributed by atoms with van der Waals surface area (Å²) in [5.74, 6) is -0.106. The van der Waals surface area contributed by atoms with E-state index in [4.69, 9.17) is 10.5 Å². The van der Waals surface area contributed by atoms with Gasteiger partial charge in [-0.2, -0.15) is 5.10 Å². The predicted molar refractivity (Wildman–Crippen MR) is 68.3 cm³/mol. The smallest absolute Gasteiger partial charge is 0.276 e. The number of hydrogen-bond donors (Lipinski definition) is 2. The van der Waals surface area contributed by atoms with Crippen molar-refractivity contribution in [1.29, 1.82) is 0 Å². The molecule has 3 N–H and O–H groups in total. The van der Waals surface area contributed by atoms with Crippen LogP contribution in [0.2, 0.25) is 0 Å². The molecule has 2 heterocycles. The number of aryl methyl sites for hydroxylation is 1. The van der Waals surface area contributed by atoms with Crippen molar-refractivity contribution in [2.24, 2.45) is 0 Å². The largest absolute Gasteiger partial charge is 0.395 e. The summed E-state index contributed by atoms with van der Waals surface area (Å²) in [6.45, 7) is 5.82. The second kappa shape index (κ2) is 5.39. The number of nitrogens with one attached hydrogen (secondary N) is 1. The molecule has 1 aliphatic rings. The molecule has 1 atom stereocenters. The number of anilines is 1. The lowest BCUT2D eigenvalue weighted by Gasteiger charge is -2.32. The number of carbonyl (C=O) groups excluding carboxylic acids is 1. The first-order valence-corrected chi connectivity index (χ1v) is 6.40. The molecule has 100 valence electrons. The summed E-state index contributed by atoms with van der Waals surface area (Å²) in [6.07, 6.45) is 1.76. The van der Waals surface area contributed by atoms with Crippen LogP contribution < -0.4 is 5.73 Å². The van der Waals surface area contributed by atoms with Crippen LogP contribution in [0.15, 0.2) is 0 Å². The Morgan fingerprint density at radius 3 is 3.00 bits per heavy atom. The Morgan fingerprint density at radius 2 is 2.39 bits per heavy atom. The summed E-state index contributed by atoms with van der Waals surface area (Å²) in [4.78, 5) is 14.1. The molecular weight excluding hydrogens is 232 g/mol. The molecule has 2 rings (SSSR count). The molecule has 0 radical (unpaired) electrons. The molecule has 0 saturated carbocycles. The van der Waals surface area contributed by atoms with Crippen LogP contribution in [0.25, 0.3) is 0 Å². The SMILES string of the molecule is CCc1[nH]nc(C(=O)N2CCOC(CC)C2)c1N. The minimum atomic E-state index is -0.106. The van der Waals surface area contributed by atoms with Crippen LogP contribution >= 0.6 is 0 Å². The van der Waals surface area contributed by atoms with E-state index in [-0.39, 0.29) is 12.0 Å². The van der Waals surface area contributed by atoms with Crippen LogP contribution in [0.3, 0.4) is 0 Å². The van der Waals surface area contributed by atoms with Crippen molar-refractivity contribution in [3.63, 3.8) is 0 Å². The second-order valence-corrected chi connectivity index (χ2v) is 4.47. The highest BCUT2D eigenvalue weighted by atomic mass is 16.5. The number of rotatable bonds is 3. The van der Waals surface area contributed by atoms with E-state index in [1.165, 1.54) is 0 Å². The fourth-order valence-corrected chi connectivity index (χ4v) is 2.12. The molecule has 0 aliphatic carbocycles. The highest BCUT2D eigenvalue weighted by molar-refractivity contribution is 5.97. The van der Waals surface area contributed by atoms with E-state index >= 15 is 0 Å². The summed E-state index contributed by atoms with van der Waals surface area (Å²) >= 11 is 0. The maximum Gasteiger partial charge on any atom is 0.276 e. The maximum absolute atomic E-state index is 12.3. The number of nitrogen functional groups attached to an aromatic ring is 1. The maximum atomic E-state index is 12.3. The molecule has 1 aromatic rings. The molecule has 0 spiro atoms. The Morgan fingerprint density at radius 1 is 1.61 bits per heavy atom. The van der Waals surface area contributed by atoms with Crippen LogP contribution in [-0.2, 0) is 11.2 Å². The Hall–Kier alpha value is -1.56. The van der Waals surface area contributed by atoms with E-state index in [1.807, 2.05) is 6.92 Å². The number of aromatic nitrogens is 2. The average molecular weight is 252 g/mol. The third kappa shape index (κ3) is 2.33. The van der Waals surface area contributed by atoms with Gasteiger partial charge in [-0.25, -0.2) is 0 Å².